The topological polar surface area (TPSA) is 35.6 Å². The molecule has 1 saturated heterocycles. The van der Waals surface area contributed by atoms with E-state index in [1.807, 2.05) is 11.9 Å². The lowest BCUT2D eigenvalue weighted by Gasteiger charge is -2.37. The second-order valence-electron chi connectivity index (χ2n) is 6.32. The van der Waals surface area contributed by atoms with Crippen LogP contribution < -0.4 is 5.32 Å². The van der Waals surface area contributed by atoms with Crippen molar-refractivity contribution in [1.29, 1.82) is 0 Å². The van der Waals surface area contributed by atoms with E-state index in [-0.39, 0.29) is 5.91 Å². The normalized spacial score (nSPS) is 23.0. The number of benzene rings is 1. The average Bonchev–Trinajstić information content (AvgIpc) is 2.45. The zero-order valence-corrected chi connectivity index (χ0v) is 13.6. The summed E-state index contributed by atoms with van der Waals surface area (Å²) in [5.41, 5.74) is 2.43. The highest BCUT2D eigenvalue weighted by molar-refractivity contribution is 5.78. The minimum Gasteiger partial charge on any atom is -0.340 e. The molecule has 116 valence electrons. The summed E-state index contributed by atoms with van der Waals surface area (Å²) < 4.78 is 0. The Morgan fingerprint density at radius 2 is 2.00 bits per heavy atom. The van der Waals surface area contributed by atoms with Crippen LogP contribution in [0.15, 0.2) is 24.3 Å². The van der Waals surface area contributed by atoms with Gasteiger partial charge in [0.15, 0.2) is 0 Å². The van der Waals surface area contributed by atoms with Crippen LogP contribution in [0.1, 0.15) is 25.0 Å². The van der Waals surface area contributed by atoms with Gasteiger partial charge in [-0.3, -0.25) is 9.69 Å². The van der Waals surface area contributed by atoms with E-state index in [4.69, 9.17) is 0 Å². The number of amides is 1. The van der Waals surface area contributed by atoms with Gasteiger partial charge in [0.1, 0.15) is 0 Å². The zero-order chi connectivity index (χ0) is 15.4. The molecule has 0 aliphatic carbocycles. The predicted octanol–water partition coefficient (Wildman–Crippen LogP) is 1.64. The maximum absolute atomic E-state index is 12.4. The van der Waals surface area contributed by atoms with E-state index in [1.54, 1.807) is 0 Å². The van der Waals surface area contributed by atoms with Gasteiger partial charge >= 0.3 is 0 Å². The van der Waals surface area contributed by atoms with Crippen molar-refractivity contribution in [3.8, 4) is 0 Å². The van der Waals surface area contributed by atoms with E-state index in [2.05, 4.69) is 55.3 Å². The largest absolute Gasteiger partial charge is 0.340 e. The number of hydrogen-bond donors (Lipinski definition) is 1. The average molecular weight is 289 g/mol. The summed E-state index contributed by atoms with van der Waals surface area (Å²) in [5.74, 6) is 0.191. The molecule has 1 amide bonds. The minimum absolute atomic E-state index is 0.191. The Morgan fingerprint density at radius 1 is 1.33 bits per heavy atom. The molecule has 2 unspecified atom stereocenters. The van der Waals surface area contributed by atoms with Crippen molar-refractivity contribution >= 4 is 5.91 Å². The van der Waals surface area contributed by atoms with Gasteiger partial charge in [0, 0.05) is 38.8 Å². The number of aryl methyl sites for hydroxylation is 1. The first-order valence-corrected chi connectivity index (χ1v) is 7.72. The number of hydrogen-bond acceptors (Lipinski definition) is 3. The Kier molecular flexibility index (Phi) is 5.37. The van der Waals surface area contributed by atoms with Gasteiger partial charge in [0.25, 0.3) is 0 Å². The fraction of sp³-hybridized carbons (Fsp3) is 0.588. The fourth-order valence-electron chi connectivity index (χ4n) is 2.67. The molecule has 1 aliphatic heterocycles. The van der Waals surface area contributed by atoms with E-state index in [1.165, 1.54) is 11.1 Å². The Hall–Kier alpha value is -1.39. The van der Waals surface area contributed by atoms with Crippen molar-refractivity contribution in [1.82, 2.24) is 15.1 Å². The third kappa shape index (κ3) is 4.55. The summed E-state index contributed by atoms with van der Waals surface area (Å²) >= 11 is 0. The Morgan fingerprint density at radius 3 is 2.67 bits per heavy atom. The van der Waals surface area contributed by atoms with Gasteiger partial charge in [-0.05, 0) is 26.3 Å². The van der Waals surface area contributed by atoms with Crippen LogP contribution in [0.2, 0.25) is 0 Å². The van der Waals surface area contributed by atoms with Crippen LogP contribution in [-0.2, 0) is 11.3 Å². The summed E-state index contributed by atoms with van der Waals surface area (Å²) in [6.07, 6.45) is 0. The number of piperazine rings is 1. The maximum atomic E-state index is 12.4. The van der Waals surface area contributed by atoms with E-state index in [0.29, 0.717) is 25.2 Å². The zero-order valence-electron chi connectivity index (χ0n) is 13.6. The molecule has 1 fully saturated rings. The molecule has 1 aliphatic rings. The van der Waals surface area contributed by atoms with Crippen molar-refractivity contribution in [2.45, 2.75) is 39.4 Å². The van der Waals surface area contributed by atoms with Crippen LogP contribution in [-0.4, -0.2) is 54.5 Å². The summed E-state index contributed by atoms with van der Waals surface area (Å²) in [7, 11) is 1.89. The number of carbonyl (C=O) groups excluding carboxylic acids is 1. The van der Waals surface area contributed by atoms with E-state index in [9.17, 15) is 4.79 Å². The molecular weight excluding hydrogens is 262 g/mol. The van der Waals surface area contributed by atoms with E-state index >= 15 is 0 Å². The van der Waals surface area contributed by atoms with Gasteiger partial charge in [0.05, 0.1) is 6.54 Å². The monoisotopic (exact) mass is 289 g/mol. The number of nitrogens with zero attached hydrogens (tertiary/aromatic N) is 2. The van der Waals surface area contributed by atoms with Crippen molar-refractivity contribution in [2.24, 2.45) is 0 Å². The van der Waals surface area contributed by atoms with E-state index < -0.39 is 0 Å². The second kappa shape index (κ2) is 7.05. The number of rotatable bonds is 4. The lowest BCUT2D eigenvalue weighted by atomic mass is 10.1. The third-order valence-electron chi connectivity index (χ3n) is 4.20. The fourth-order valence-corrected chi connectivity index (χ4v) is 2.67. The Balaban J connectivity index is 1.88. The van der Waals surface area contributed by atoms with Gasteiger partial charge in [-0.25, -0.2) is 0 Å². The first-order chi connectivity index (χ1) is 9.95. The van der Waals surface area contributed by atoms with Crippen LogP contribution in [0.25, 0.3) is 0 Å². The van der Waals surface area contributed by atoms with Gasteiger partial charge < -0.3 is 10.2 Å². The lowest BCUT2D eigenvalue weighted by Crippen LogP contribution is -2.56. The van der Waals surface area contributed by atoms with Gasteiger partial charge in [0.2, 0.25) is 5.91 Å². The van der Waals surface area contributed by atoms with Crippen LogP contribution in [0.4, 0.5) is 0 Å². The molecule has 0 aromatic heterocycles. The van der Waals surface area contributed by atoms with Crippen LogP contribution in [0.5, 0.6) is 0 Å². The highest BCUT2D eigenvalue weighted by Crippen LogP contribution is 2.09. The quantitative estimate of drug-likeness (QED) is 0.915. The molecule has 1 N–H and O–H groups in total. The summed E-state index contributed by atoms with van der Waals surface area (Å²) in [5, 5.41) is 3.44. The molecule has 2 atom stereocenters. The molecule has 1 aromatic carbocycles. The molecule has 4 nitrogen and oxygen atoms in total. The summed E-state index contributed by atoms with van der Waals surface area (Å²) in [4.78, 5) is 16.5. The number of likely N-dealkylation sites (N-methyl/N-ethyl adjacent to an activating group) is 1. The van der Waals surface area contributed by atoms with Crippen LogP contribution in [0, 0.1) is 6.92 Å². The highest BCUT2D eigenvalue weighted by atomic mass is 16.2. The molecule has 0 radical (unpaired) electrons. The van der Waals surface area contributed by atoms with Crippen LogP contribution in [0.3, 0.4) is 0 Å². The van der Waals surface area contributed by atoms with Crippen molar-refractivity contribution < 1.29 is 4.79 Å². The summed E-state index contributed by atoms with van der Waals surface area (Å²) in [6, 6.07) is 9.24. The molecule has 0 spiro atoms. The van der Waals surface area contributed by atoms with Gasteiger partial charge in [-0.15, -0.1) is 0 Å². The van der Waals surface area contributed by atoms with Crippen LogP contribution >= 0.6 is 0 Å². The minimum atomic E-state index is 0.191. The highest BCUT2D eigenvalue weighted by Gasteiger charge is 2.25. The second-order valence-corrected chi connectivity index (χ2v) is 6.32. The first-order valence-electron chi connectivity index (χ1n) is 7.72. The number of nitrogens with one attached hydrogen (secondary N) is 1. The molecule has 21 heavy (non-hydrogen) atoms. The van der Waals surface area contributed by atoms with Crippen molar-refractivity contribution in [2.75, 3.05) is 26.7 Å². The van der Waals surface area contributed by atoms with E-state index in [0.717, 1.165) is 13.1 Å². The Labute approximate surface area is 128 Å². The SMILES string of the molecule is Cc1ccc(CN(C)C(=O)CN2CC(C)NCC2C)cc1. The first kappa shape index (κ1) is 16.0. The molecule has 1 heterocycles. The van der Waals surface area contributed by atoms with Gasteiger partial charge in [-0.1, -0.05) is 29.8 Å². The smallest absolute Gasteiger partial charge is 0.236 e. The predicted molar refractivity (Wildman–Crippen MR) is 86.2 cm³/mol. The van der Waals surface area contributed by atoms with Crippen molar-refractivity contribution in [3.63, 3.8) is 0 Å². The third-order valence-corrected chi connectivity index (χ3v) is 4.20. The Bertz CT molecular complexity index is 471. The molecule has 0 saturated carbocycles. The molecule has 0 bridgehead atoms. The number of carbonyl (C=O) groups is 1. The summed E-state index contributed by atoms with van der Waals surface area (Å²) in [6.45, 7) is 9.49. The molecule has 4 heteroatoms. The standard InChI is InChI=1S/C17H27N3O/c1-13-5-7-16(8-6-13)11-19(4)17(21)12-20-10-14(2)18-9-15(20)3/h5-8,14-15,18H,9-12H2,1-4H3. The van der Waals surface area contributed by atoms with Crippen molar-refractivity contribution in [3.05, 3.63) is 35.4 Å². The molecule has 1 aromatic rings. The van der Waals surface area contributed by atoms with Gasteiger partial charge in [-0.2, -0.15) is 0 Å². The maximum Gasteiger partial charge on any atom is 0.236 e. The molecule has 2 rings (SSSR count). The molecular formula is C17H27N3O. The lowest BCUT2D eigenvalue weighted by molar-refractivity contribution is -0.132.